The van der Waals surface area contributed by atoms with Crippen molar-refractivity contribution in [1.29, 1.82) is 0 Å². The minimum atomic E-state index is -0.0940. The van der Waals surface area contributed by atoms with Crippen LogP contribution in [0, 0.1) is 0 Å². The van der Waals surface area contributed by atoms with Gasteiger partial charge in [0.15, 0.2) is 5.82 Å². The van der Waals surface area contributed by atoms with E-state index in [0.29, 0.717) is 11.7 Å². The van der Waals surface area contributed by atoms with Crippen LogP contribution in [-0.4, -0.2) is 20.7 Å². The van der Waals surface area contributed by atoms with Gasteiger partial charge >= 0.3 is 0 Å². The van der Waals surface area contributed by atoms with Crippen LogP contribution >= 0.6 is 11.6 Å². The Morgan fingerprint density at radius 1 is 1.41 bits per heavy atom. The highest BCUT2D eigenvalue weighted by atomic mass is 35.5. The van der Waals surface area contributed by atoms with Gasteiger partial charge in [0.1, 0.15) is 6.33 Å². The number of alkyl halides is 1. The van der Waals surface area contributed by atoms with E-state index in [2.05, 4.69) is 15.5 Å². The summed E-state index contributed by atoms with van der Waals surface area (Å²) in [6.07, 6.45) is 1.60. The number of nitrogens with one attached hydrogen (secondary N) is 1. The minimum absolute atomic E-state index is 0.0940. The lowest BCUT2D eigenvalue weighted by molar-refractivity contribution is -0.114. The lowest BCUT2D eigenvalue weighted by Gasteiger charge is -2.06. The summed E-state index contributed by atoms with van der Waals surface area (Å²) in [5.74, 6) is 0.885. The molecule has 2 aromatic rings. The van der Waals surface area contributed by atoms with Gasteiger partial charge in [0.2, 0.25) is 5.91 Å². The summed E-state index contributed by atoms with van der Waals surface area (Å²) in [6, 6.07) is 7.36. The molecule has 88 valence electrons. The van der Waals surface area contributed by atoms with E-state index in [-0.39, 0.29) is 5.91 Å². The second kappa shape index (κ2) is 4.97. The molecule has 0 atom stereocenters. The summed E-state index contributed by atoms with van der Waals surface area (Å²) in [4.78, 5) is 10.9. The number of aromatic nitrogens is 3. The average Bonchev–Trinajstić information content (AvgIpc) is 2.77. The molecular weight excluding hydrogens is 240 g/mol. The van der Waals surface area contributed by atoms with Crippen molar-refractivity contribution in [3.63, 3.8) is 0 Å². The zero-order chi connectivity index (χ0) is 12.3. The number of nitrogens with zero attached hydrogens (tertiary/aromatic N) is 3. The molecule has 0 aliphatic carbocycles. The highest BCUT2D eigenvalue weighted by molar-refractivity contribution is 6.16. The molecule has 6 heteroatoms. The van der Waals surface area contributed by atoms with Gasteiger partial charge in [0.05, 0.1) is 5.88 Å². The zero-order valence-corrected chi connectivity index (χ0v) is 9.98. The number of hydrogen-bond acceptors (Lipinski definition) is 3. The molecule has 0 saturated carbocycles. The molecule has 0 fully saturated rings. The molecule has 0 aliphatic heterocycles. The fourth-order valence-corrected chi connectivity index (χ4v) is 1.66. The van der Waals surface area contributed by atoms with Crippen LogP contribution < -0.4 is 5.32 Å². The first kappa shape index (κ1) is 11.6. The molecule has 0 aliphatic rings. The first-order chi connectivity index (χ1) is 8.20. The predicted octanol–water partition coefficient (Wildman–Crippen LogP) is 1.96. The van der Waals surface area contributed by atoms with E-state index in [9.17, 15) is 4.79 Å². The molecule has 5 nitrogen and oxygen atoms in total. The van der Waals surface area contributed by atoms with Gasteiger partial charge in [-0.15, -0.1) is 21.8 Å². The predicted molar refractivity (Wildman–Crippen MR) is 65.2 cm³/mol. The summed E-state index contributed by atoms with van der Waals surface area (Å²) < 4.78 is 1.80. The number of rotatable bonds is 3. The molecule has 0 bridgehead atoms. The molecule has 2 rings (SSSR count). The van der Waals surface area contributed by atoms with Gasteiger partial charge in [-0.05, 0) is 24.3 Å². The standard InChI is InChI=1S/C11H11ClN4O/c1-8(17)14-9-2-4-10(5-3-9)16-7-13-15-11(16)6-12/h2-5,7H,6H2,1H3,(H,14,17). The quantitative estimate of drug-likeness (QED) is 0.848. The molecule has 1 N–H and O–H groups in total. The largest absolute Gasteiger partial charge is 0.326 e. The van der Waals surface area contributed by atoms with Gasteiger partial charge in [-0.25, -0.2) is 0 Å². The number of amides is 1. The molecule has 0 radical (unpaired) electrons. The lowest BCUT2D eigenvalue weighted by Crippen LogP contribution is -2.05. The van der Waals surface area contributed by atoms with E-state index >= 15 is 0 Å². The SMILES string of the molecule is CC(=O)Nc1ccc(-n2cnnc2CCl)cc1. The molecule has 0 unspecified atom stereocenters. The number of hydrogen-bond donors (Lipinski definition) is 1. The first-order valence-electron chi connectivity index (χ1n) is 5.03. The van der Waals surface area contributed by atoms with Gasteiger partial charge in [0, 0.05) is 18.3 Å². The van der Waals surface area contributed by atoms with E-state index in [1.807, 2.05) is 24.3 Å². The summed E-state index contributed by atoms with van der Waals surface area (Å²) in [7, 11) is 0. The lowest BCUT2D eigenvalue weighted by atomic mass is 10.2. The highest BCUT2D eigenvalue weighted by Gasteiger charge is 2.04. The number of benzene rings is 1. The molecule has 0 saturated heterocycles. The second-order valence-corrected chi connectivity index (χ2v) is 3.75. The van der Waals surface area contributed by atoms with Crippen molar-refractivity contribution in [2.24, 2.45) is 0 Å². The van der Waals surface area contributed by atoms with E-state index in [4.69, 9.17) is 11.6 Å². The smallest absolute Gasteiger partial charge is 0.221 e. The van der Waals surface area contributed by atoms with E-state index in [1.165, 1.54) is 6.92 Å². The van der Waals surface area contributed by atoms with Gasteiger partial charge < -0.3 is 5.32 Å². The number of carbonyl (C=O) groups excluding carboxylic acids is 1. The average molecular weight is 251 g/mol. The summed E-state index contributed by atoms with van der Waals surface area (Å²) in [5.41, 5.74) is 1.65. The molecule has 0 spiro atoms. The fourth-order valence-electron chi connectivity index (χ4n) is 1.47. The topological polar surface area (TPSA) is 59.8 Å². The maximum Gasteiger partial charge on any atom is 0.221 e. The van der Waals surface area contributed by atoms with Gasteiger partial charge in [-0.1, -0.05) is 0 Å². The Labute approximate surface area is 103 Å². The Bertz CT molecular complexity index is 521. The summed E-state index contributed by atoms with van der Waals surface area (Å²) >= 11 is 5.74. The van der Waals surface area contributed by atoms with Crippen LogP contribution in [0.3, 0.4) is 0 Å². The molecular formula is C11H11ClN4O. The third kappa shape index (κ3) is 2.62. The second-order valence-electron chi connectivity index (χ2n) is 3.48. The van der Waals surface area contributed by atoms with Crippen LogP contribution in [0.5, 0.6) is 0 Å². The van der Waals surface area contributed by atoms with Crippen LogP contribution in [0.2, 0.25) is 0 Å². The maximum absolute atomic E-state index is 10.9. The zero-order valence-electron chi connectivity index (χ0n) is 9.22. The minimum Gasteiger partial charge on any atom is -0.326 e. The van der Waals surface area contributed by atoms with Crippen LogP contribution in [0.1, 0.15) is 12.7 Å². The van der Waals surface area contributed by atoms with Crippen molar-refractivity contribution < 1.29 is 4.79 Å². The Morgan fingerprint density at radius 3 is 2.71 bits per heavy atom. The molecule has 1 aromatic carbocycles. The van der Waals surface area contributed by atoms with Crippen molar-refractivity contribution >= 4 is 23.2 Å². The van der Waals surface area contributed by atoms with Crippen molar-refractivity contribution in [1.82, 2.24) is 14.8 Å². The van der Waals surface area contributed by atoms with E-state index in [1.54, 1.807) is 10.9 Å². The summed E-state index contributed by atoms with van der Waals surface area (Å²) in [5, 5.41) is 10.4. The first-order valence-corrected chi connectivity index (χ1v) is 5.57. The Hall–Kier alpha value is -1.88. The third-order valence-corrected chi connectivity index (χ3v) is 2.44. The number of carbonyl (C=O) groups is 1. The van der Waals surface area contributed by atoms with Crippen molar-refractivity contribution in [2.45, 2.75) is 12.8 Å². The Balaban J connectivity index is 2.26. The van der Waals surface area contributed by atoms with Gasteiger partial charge in [-0.2, -0.15) is 0 Å². The number of anilines is 1. The van der Waals surface area contributed by atoms with Gasteiger partial charge in [-0.3, -0.25) is 9.36 Å². The van der Waals surface area contributed by atoms with Crippen LogP contribution in [-0.2, 0) is 10.7 Å². The molecule has 1 aromatic heterocycles. The normalized spacial score (nSPS) is 10.2. The van der Waals surface area contributed by atoms with Crippen LogP contribution in [0.4, 0.5) is 5.69 Å². The van der Waals surface area contributed by atoms with Gasteiger partial charge in [0.25, 0.3) is 0 Å². The van der Waals surface area contributed by atoms with Crippen molar-refractivity contribution in [2.75, 3.05) is 5.32 Å². The van der Waals surface area contributed by atoms with Crippen LogP contribution in [0.15, 0.2) is 30.6 Å². The maximum atomic E-state index is 10.9. The fraction of sp³-hybridized carbons (Fsp3) is 0.182. The van der Waals surface area contributed by atoms with E-state index < -0.39 is 0 Å². The molecule has 17 heavy (non-hydrogen) atoms. The number of halogens is 1. The molecule has 1 heterocycles. The third-order valence-electron chi connectivity index (χ3n) is 2.20. The molecule has 1 amide bonds. The summed E-state index contributed by atoms with van der Waals surface area (Å²) in [6.45, 7) is 1.47. The Kier molecular flexibility index (Phi) is 3.39. The van der Waals surface area contributed by atoms with Crippen molar-refractivity contribution in [3.05, 3.63) is 36.4 Å². The van der Waals surface area contributed by atoms with Crippen molar-refractivity contribution in [3.8, 4) is 5.69 Å². The monoisotopic (exact) mass is 250 g/mol. The Morgan fingerprint density at radius 2 is 2.12 bits per heavy atom. The van der Waals surface area contributed by atoms with Crippen LogP contribution in [0.25, 0.3) is 5.69 Å². The highest BCUT2D eigenvalue weighted by Crippen LogP contribution is 2.15. The van der Waals surface area contributed by atoms with E-state index in [0.717, 1.165) is 11.4 Å².